The van der Waals surface area contributed by atoms with Crippen molar-refractivity contribution in [3.8, 4) is 22.8 Å². The SMILES string of the molecule is Cc1ccc2nc(-c3ccc(C(C)C)cc3)cc(C(=O)N/N=C/c3ccc4c(c3)OCO4)c2c1. The molecule has 0 bridgehead atoms. The van der Waals surface area contributed by atoms with Crippen LogP contribution in [0.4, 0.5) is 0 Å². The Labute approximate surface area is 198 Å². The molecular weight excluding hydrogens is 426 g/mol. The molecule has 3 aromatic carbocycles. The molecule has 0 fully saturated rings. The number of nitrogens with one attached hydrogen (secondary N) is 1. The summed E-state index contributed by atoms with van der Waals surface area (Å²) in [5, 5.41) is 4.95. The van der Waals surface area contributed by atoms with Gasteiger partial charge in [0.2, 0.25) is 6.79 Å². The van der Waals surface area contributed by atoms with Crippen LogP contribution in [-0.4, -0.2) is 23.9 Å². The topological polar surface area (TPSA) is 72.8 Å². The fourth-order valence-electron chi connectivity index (χ4n) is 3.93. The fourth-order valence-corrected chi connectivity index (χ4v) is 3.93. The number of hydrogen-bond donors (Lipinski definition) is 1. The molecule has 0 saturated heterocycles. The Bertz CT molecular complexity index is 1410. The lowest BCUT2D eigenvalue weighted by Crippen LogP contribution is -2.18. The third-order valence-electron chi connectivity index (χ3n) is 5.86. The molecule has 0 spiro atoms. The van der Waals surface area contributed by atoms with Gasteiger partial charge in [0.25, 0.3) is 5.91 Å². The maximum atomic E-state index is 13.2. The minimum atomic E-state index is -0.296. The predicted octanol–water partition coefficient (Wildman–Crippen LogP) is 5.83. The van der Waals surface area contributed by atoms with Crippen LogP contribution in [0.1, 0.15) is 46.8 Å². The van der Waals surface area contributed by atoms with Gasteiger partial charge in [-0.1, -0.05) is 49.7 Å². The average Bonchev–Trinajstić information content (AvgIpc) is 3.31. The van der Waals surface area contributed by atoms with Crippen LogP contribution >= 0.6 is 0 Å². The molecule has 0 unspecified atom stereocenters. The van der Waals surface area contributed by atoms with Crippen LogP contribution in [0, 0.1) is 6.92 Å². The molecule has 2 heterocycles. The van der Waals surface area contributed by atoms with E-state index in [2.05, 4.69) is 48.6 Å². The summed E-state index contributed by atoms with van der Waals surface area (Å²) >= 11 is 0. The number of ether oxygens (including phenoxy) is 2. The van der Waals surface area contributed by atoms with Crippen molar-refractivity contribution in [2.24, 2.45) is 5.10 Å². The molecule has 1 aliphatic heterocycles. The number of aromatic nitrogens is 1. The maximum absolute atomic E-state index is 13.2. The zero-order chi connectivity index (χ0) is 23.7. The minimum Gasteiger partial charge on any atom is -0.454 e. The smallest absolute Gasteiger partial charge is 0.272 e. The maximum Gasteiger partial charge on any atom is 0.272 e. The monoisotopic (exact) mass is 451 g/mol. The van der Waals surface area contributed by atoms with Gasteiger partial charge in [0.1, 0.15) is 0 Å². The highest BCUT2D eigenvalue weighted by molar-refractivity contribution is 6.07. The van der Waals surface area contributed by atoms with E-state index in [9.17, 15) is 4.79 Å². The summed E-state index contributed by atoms with van der Waals surface area (Å²) in [5.74, 6) is 1.52. The summed E-state index contributed by atoms with van der Waals surface area (Å²) in [6, 6.07) is 21.6. The first-order valence-electron chi connectivity index (χ1n) is 11.2. The summed E-state index contributed by atoms with van der Waals surface area (Å²) in [5.41, 5.74) is 8.78. The molecule has 34 heavy (non-hydrogen) atoms. The Morgan fingerprint density at radius 2 is 1.79 bits per heavy atom. The van der Waals surface area contributed by atoms with Gasteiger partial charge in [-0.2, -0.15) is 5.10 Å². The Kier molecular flexibility index (Phi) is 5.72. The van der Waals surface area contributed by atoms with Gasteiger partial charge < -0.3 is 9.47 Å². The molecule has 6 heteroatoms. The van der Waals surface area contributed by atoms with Crippen molar-refractivity contribution in [1.82, 2.24) is 10.4 Å². The quantitative estimate of drug-likeness (QED) is 0.306. The van der Waals surface area contributed by atoms with Gasteiger partial charge in [-0.05, 0) is 60.4 Å². The Balaban J connectivity index is 1.45. The van der Waals surface area contributed by atoms with E-state index in [-0.39, 0.29) is 12.7 Å². The second kappa shape index (κ2) is 8.98. The number of fused-ring (bicyclic) bond motifs is 2. The highest BCUT2D eigenvalue weighted by atomic mass is 16.7. The van der Waals surface area contributed by atoms with Gasteiger partial charge in [0.05, 0.1) is 23.0 Å². The van der Waals surface area contributed by atoms with Crippen LogP contribution < -0.4 is 14.9 Å². The molecule has 0 radical (unpaired) electrons. The number of hydrazone groups is 1. The Morgan fingerprint density at radius 3 is 2.59 bits per heavy atom. The summed E-state index contributed by atoms with van der Waals surface area (Å²) in [6.45, 7) is 6.54. The molecule has 5 rings (SSSR count). The number of amides is 1. The summed E-state index contributed by atoms with van der Waals surface area (Å²) in [6.07, 6.45) is 1.58. The van der Waals surface area contributed by atoms with Gasteiger partial charge in [-0.25, -0.2) is 10.4 Å². The van der Waals surface area contributed by atoms with E-state index in [0.717, 1.165) is 33.3 Å². The summed E-state index contributed by atoms with van der Waals surface area (Å²) in [4.78, 5) is 18.0. The van der Waals surface area contributed by atoms with E-state index >= 15 is 0 Å². The standard InChI is InChI=1S/C28H25N3O3/c1-17(2)20-6-8-21(9-7-20)25-14-23(22-12-18(3)4-10-24(22)30-25)28(32)31-29-15-19-5-11-26-27(13-19)34-16-33-26/h4-15,17H,16H2,1-3H3,(H,31,32)/b29-15+. The van der Waals surface area contributed by atoms with Crippen molar-refractivity contribution in [3.63, 3.8) is 0 Å². The molecule has 0 atom stereocenters. The third kappa shape index (κ3) is 4.35. The van der Waals surface area contributed by atoms with E-state index in [1.807, 2.05) is 49.4 Å². The highest BCUT2D eigenvalue weighted by Gasteiger charge is 2.15. The fraction of sp³-hybridized carbons (Fsp3) is 0.179. The van der Waals surface area contributed by atoms with Crippen LogP contribution in [0.2, 0.25) is 0 Å². The minimum absolute atomic E-state index is 0.212. The number of rotatable bonds is 5. The van der Waals surface area contributed by atoms with Gasteiger partial charge in [-0.15, -0.1) is 0 Å². The van der Waals surface area contributed by atoms with Gasteiger partial charge >= 0.3 is 0 Å². The normalized spacial score (nSPS) is 12.6. The van der Waals surface area contributed by atoms with Gasteiger partial charge in [0.15, 0.2) is 11.5 Å². The second-order valence-corrected chi connectivity index (χ2v) is 8.66. The van der Waals surface area contributed by atoms with Crippen molar-refractivity contribution < 1.29 is 14.3 Å². The zero-order valence-corrected chi connectivity index (χ0v) is 19.3. The van der Waals surface area contributed by atoms with Gasteiger partial charge in [-0.3, -0.25) is 4.79 Å². The highest BCUT2D eigenvalue weighted by Crippen LogP contribution is 2.32. The number of nitrogens with zero attached hydrogens (tertiary/aromatic N) is 2. The van der Waals surface area contributed by atoms with E-state index < -0.39 is 0 Å². The van der Waals surface area contributed by atoms with Gasteiger partial charge in [0, 0.05) is 10.9 Å². The number of carbonyl (C=O) groups excluding carboxylic acids is 1. The van der Waals surface area contributed by atoms with E-state index in [0.29, 0.717) is 23.0 Å². The molecular formula is C28H25N3O3. The Morgan fingerprint density at radius 1 is 1.00 bits per heavy atom. The predicted molar refractivity (Wildman–Crippen MR) is 134 cm³/mol. The van der Waals surface area contributed by atoms with Crippen molar-refractivity contribution in [1.29, 1.82) is 0 Å². The lowest BCUT2D eigenvalue weighted by molar-refractivity contribution is 0.0956. The number of carbonyl (C=O) groups is 1. The molecule has 0 saturated carbocycles. The summed E-state index contributed by atoms with van der Waals surface area (Å²) < 4.78 is 10.7. The molecule has 0 aliphatic carbocycles. The molecule has 1 aromatic heterocycles. The largest absolute Gasteiger partial charge is 0.454 e. The van der Waals surface area contributed by atoms with Crippen LogP contribution in [-0.2, 0) is 0 Å². The van der Waals surface area contributed by atoms with Crippen molar-refractivity contribution in [2.75, 3.05) is 6.79 Å². The van der Waals surface area contributed by atoms with E-state index in [1.54, 1.807) is 6.21 Å². The third-order valence-corrected chi connectivity index (χ3v) is 5.86. The molecule has 1 N–H and O–H groups in total. The summed E-state index contributed by atoms with van der Waals surface area (Å²) in [7, 11) is 0. The van der Waals surface area contributed by atoms with Crippen LogP contribution in [0.5, 0.6) is 11.5 Å². The number of benzene rings is 3. The number of hydrogen-bond acceptors (Lipinski definition) is 5. The molecule has 170 valence electrons. The van der Waals surface area contributed by atoms with Crippen molar-refractivity contribution in [2.45, 2.75) is 26.7 Å². The molecule has 1 aliphatic rings. The van der Waals surface area contributed by atoms with Crippen LogP contribution in [0.3, 0.4) is 0 Å². The zero-order valence-electron chi connectivity index (χ0n) is 19.3. The first kappa shape index (κ1) is 21.6. The Hall–Kier alpha value is -4.19. The van der Waals surface area contributed by atoms with Crippen LogP contribution in [0.15, 0.2) is 71.8 Å². The number of aryl methyl sites for hydroxylation is 1. The second-order valence-electron chi connectivity index (χ2n) is 8.66. The first-order chi connectivity index (χ1) is 16.5. The van der Waals surface area contributed by atoms with Crippen molar-refractivity contribution >= 4 is 23.0 Å². The average molecular weight is 452 g/mol. The van der Waals surface area contributed by atoms with Crippen molar-refractivity contribution in [3.05, 3.63) is 89.0 Å². The lowest BCUT2D eigenvalue weighted by Gasteiger charge is -2.11. The molecule has 4 aromatic rings. The lowest BCUT2D eigenvalue weighted by atomic mass is 9.99. The molecule has 6 nitrogen and oxygen atoms in total. The molecule has 1 amide bonds. The van der Waals surface area contributed by atoms with E-state index in [4.69, 9.17) is 14.5 Å². The number of pyridine rings is 1. The first-order valence-corrected chi connectivity index (χ1v) is 11.2. The van der Waals surface area contributed by atoms with E-state index in [1.165, 1.54) is 5.56 Å². The van der Waals surface area contributed by atoms with Crippen LogP contribution in [0.25, 0.3) is 22.2 Å².